The van der Waals surface area contributed by atoms with Crippen molar-refractivity contribution in [2.75, 3.05) is 32.4 Å². The van der Waals surface area contributed by atoms with Gasteiger partial charge >= 0.3 is 0 Å². The number of carbonyl (C=O) groups excluding carboxylic acids is 1. The molecule has 1 amide bonds. The first kappa shape index (κ1) is 17.3. The average molecular weight is 369 g/mol. The van der Waals surface area contributed by atoms with Crippen LogP contribution < -0.4 is 0 Å². The van der Waals surface area contributed by atoms with Gasteiger partial charge in [0.05, 0.1) is 0 Å². The largest absolute Gasteiger partial charge is 0.335 e. The maximum Gasteiger partial charge on any atom is 0.273 e. The van der Waals surface area contributed by atoms with Crippen LogP contribution in [-0.4, -0.2) is 53.1 Å². The summed E-state index contributed by atoms with van der Waals surface area (Å²) in [6, 6.07) is 3.57. The van der Waals surface area contributed by atoms with Gasteiger partial charge in [-0.15, -0.1) is 11.3 Å². The van der Waals surface area contributed by atoms with Gasteiger partial charge < -0.3 is 4.90 Å². The molecule has 0 saturated carbocycles. The van der Waals surface area contributed by atoms with E-state index < -0.39 is 11.6 Å². The molecule has 0 atom stereocenters. The van der Waals surface area contributed by atoms with Crippen LogP contribution in [0.1, 0.15) is 16.1 Å². The molecule has 1 aliphatic heterocycles. The summed E-state index contributed by atoms with van der Waals surface area (Å²) in [6.45, 7) is 2.99. The summed E-state index contributed by atoms with van der Waals surface area (Å²) in [5.74, 6) is -1.18. The number of thiazole rings is 1. The van der Waals surface area contributed by atoms with Crippen molar-refractivity contribution in [1.29, 1.82) is 0 Å². The second-order valence-electron chi connectivity index (χ2n) is 5.55. The maximum atomic E-state index is 13.2. The van der Waals surface area contributed by atoms with Crippen molar-refractivity contribution in [3.05, 3.63) is 46.5 Å². The van der Waals surface area contributed by atoms with Crippen LogP contribution in [0.25, 0.3) is 0 Å². The number of hydrogen-bond acceptors (Lipinski definition) is 5. The van der Waals surface area contributed by atoms with Crippen molar-refractivity contribution in [2.45, 2.75) is 10.9 Å². The van der Waals surface area contributed by atoms with E-state index in [4.69, 9.17) is 0 Å². The second kappa shape index (κ2) is 7.58. The lowest BCUT2D eigenvalue weighted by Gasteiger charge is -2.34. The molecule has 1 aromatic heterocycles. The third kappa shape index (κ3) is 4.12. The molecule has 8 heteroatoms. The molecule has 128 valence electrons. The van der Waals surface area contributed by atoms with E-state index >= 15 is 0 Å². The van der Waals surface area contributed by atoms with Gasteiger partial charge in [0, 0.05) is 44.2 Å². The van der Waals surface area contributed by atoms with E-state index in [9.17, 15) is 13.6 Å². The number of thioether (sulfide) groups is 1. The van der Waals surface area contributed by atoms with Crippen LogP contribution in [0.4, 0.5) is 8.78 Å². The first-order chi connectivity index (χ1) is 11.5. The number of halogens is 2. The Labute approximate surface area is 147 Å². The minimum atomic E-state index is -0.563. The molecule has 1 aromatic carbocycles. The number of rotatable bonds is 4. The zero-order valence-corrected chi connectivity index (χ0v) is 14.8. The molecule has 0 unspecified atom stereocenters. The van der Waals surface area contributed by atoms with Crippen LogP contribution in [0.3, 0.4) is 0 Å². The molecule has 0 N–H and O–H groups in total. The highest BCUT2D eigenvalue weighted by Gasteiger charge is 2.24. The molecular weight excluding hydrogens is 352 g/mol. The van der Waals surface area contributed by atoms with Gasteiger partial charge in [-0.3, -0.25) is 9.69 Å². The first-order valence-corrected chi connectivity index (χ1v) is 9.61. The topological polar surface area (TPSA) is 36.4 Å². The summed E-state index contributed by atoms with van der Waals surface area (Å²) in [4.78, 5) is 20.6. The Morgan fingerprint density at radius 2 is 1.88 bits per heavy atom. The highest BCUT2D eigenvalue weighted by molar-refractivity contribution is 8.00. The highest BCUT2D eigenvalue weighted by Crippen LogP contribution is 2.21. The number of piperazine rings is 1. The molecule has 1 fully saturated rings. The summed E-state index contributed by atoms with van der Waals surface area (Å²) in [5.41, 5.74) is 1.10. The van der Waals surface area contributed by atoms with Crippen LogP contribution >= 0.6 is 23.1 Å². The quantitative estimate of drug-likeness (QED) is 0.776. The minimum absolute atomic E-state index is 0.0528. The molecule has 3 rings (SSSR count). The Morgan fingerprint density at radius 1 is 1.21 bits per heavy atom. The van der Waals surface area contributed by atoms with Gasteiger partial charge in [0.15, 0.2) is 0 Å². The number of carbonyl (C=O) groups is 1. The number of nitrogens with zero attached hydrogens (tertiary/aromatic N) is 3. The molecule has 1 saturated heterocycles. The molecule has 24 heavy (non-hydrogen) atoms. The van der Waals surface area contributed by atoms with Gasteiger partial charge in [-0.05, 0) is 24.0 Å². The van der Waals surface area contributed by atoms with Crippen LogP contribution in [-0.2, 0) is 6.54 Å². The van der Waals surface area contributed by atoms with E-state index in [1.807, 2.05) is 6.26 Å². The van der Waals surface area contributed by atoms with Crippen LogP contribution in [0.2, 0.25) is 0 Å². The fraction of sp³-hybridized carbons (Fsp3) is 0.375. The number of benzene rings is 1. The molecule has 0 bridgehead atoms. The Morgan fingerprint density at radius 3 is 2.46 bits per heavy atom. The van der Waals surface area contributed by atoms with Crippen molar-refractivity contribution in [1.82, 2.24) is 14.8 Å². The van der Waals surface area contributed by atoms with E-state index in [1.165, 1.54) is 35.2 Å². The van der Waals surface area contributed by atoms with E-state index in [0.717, 1.165) is 10.4 Å². The lowest BCUT2D eigenvalue weighted by Crippen LogP contribution is -2.48. The molecular formula is C16H17F2N3OS2. The highest BCUT2D eigenvalue weighted by atomic mass is 32.2. The van der Waals surface area contributed by atoms with E-state index in [2.05, 4.69) is 9.88 Å². The Hall–Kier alpha value is -1.51. The SMILES string of the molecule is CSc1nc(C(=O)N2CCN(Cc3cc(F)cc(F)c3)CC2)cs1. The molecule has 0 radical (unpaired) electrons. The maximum absolute atomic E-state index is 13.2. The van der Waals surface area contributed by atoms with E-state index in [-0.39, 0.29) is 5.91 Å². The van der Waals surface area contributed by atoms with Crippen molar-refractivity contribution in [3.8, 4) is 0 Å². The van der Waals surface area contributed by atoms with Gasteiger partial charge in [0.1, 0.15) is 21.7 Å². The van der Waals surface area contributed by atoms with E-state index in [1.54, 1.807) is 10.3 Å². The molecule has 1 aliphatic rings. The summed E-state index contributed by atoms with van der Waals surface area (Å²) in [5, 5.41) is 1.79. The monoisotopic (exact) mass is 369 g/mol. The van der Waals surface area contributed by atoms with Crippen LogP contribution in [0.5, 0.6) is 0 Å². The molecule has 2 aromatic rings. The minimum Gasteiger partial charge on any atom is -0.335 e. The molecule has 2 heterocycles. The Kier molecular flexibility index (Phi) is 5.47. The summed E-state index contributed by atoms with van der Waals surface area (Å²) < 4.78 is 27.4. The summed E-state index contributed by atoms with van der Waals surface area (Å²) in [7, 11) is 0. The standard InChI is InChI=1S/C16H17F2N3OS2/c1-23-16-19-14(10-24-16)15(22)21-4-2-20(3-5-21)9-11-6-12(17)8-13(18)7-11/h6-8,10H,2-5,9H2,1H3. The zero-order valence-electron chi connectivity index (χ0n) is 13.2. The van der Waals surface area contributed by atoms with Gasteiger partial charge in [0.2, 0.25) is 0 Å². The zero-order chi connectivity index (χ0) is 17.1. The lowest BCUT2D eigenvalue weighted by molar-refractivity contribution is 0.0623. The Bertz CT molecular complexity index is 710. The van der Waals surface area contributed by atoms with E-state index in [0.29, 0.717) is 44.0 Å². The molecule has 0 spiro atoms. The van der Waals surface area contributed by atoms with Crippen molar-refractivity contribution in [3.63, 3.8) is 0 Å². The Balaban J connectivity index is 1.56. The fourth-order valence-electron chi connectivity index (χ4n) is 2.68. The molecule has 0 aliphatic carbocycles. The smallest absolute Gasteiger partial charge is 0.273 e. The third-order valence-corrected chi connectivity index (χ3v) is 5.73. The number of amides is 1. The first-order valence-electron chi connectivity index (χ1n) is 7.51. The van der Waals surface area contributed by atoms with Gasteiger partial charge in [-0.1, -0.05) is 11.8 Å². The number of aromatic nitrogens is 1. The predicted molar refractivity (Wildman–Crippen MR) is 91.4 cm³/mol. The summed E-state index contributed by atoms with van der Waals surface area (Å²) in [6.07, 6.45) is 1.93. The van der Waals surface area contributed by atoms with Crippen molar-refractivity contribution >= 4 is 29.0 Å². The summed E-state index contributed by atoms with van der Waals surface area (Å²) >= 11 is 2.99. The van der Waals surface area contributed by atoms with Crippen LogP contribution in [0.15, 0.2) is 27.9 Å². The number of hydrogen-bond donors (Lipinski definition) is 0. The van der Waals surface area contributed by atoms with Gasteiger partial charge in [0.25, 0.3) is 5.91 Å². The van der Waals surface area contributed by atoms with Crippen molar-refractivity contribution in [2.24, 2.45) is 0 Å². The predicted octanol–water partition coefficient (Wildman–Crippen LogP) is 3.10. The van der Waals surface area contributed by atoms with Gasteiger partial charge in [-0.2, -0.15) is 0 Å². The van der Waals surface area contributed by atoms with Gasteiger partial charge in [-0.25, -0.2) is 13.8 Å². The second-order valence-corrected chi connectivity index (χ2v) is 7.46. The van der Waals surface area contributed by atoms with Crippen molar-refractivity contribution < 1.29 is 13.6 Å². The van der Waals surface area contributed by atoms with Crippen LogP contribution in [0, 0.1) is 11.6 Å². The normalized spacial score (nSPS) is 15.7. The lowest BCUT2D eigenvalue weighted by atomic mass is 10.2. The fourth-order valence-corrected chi connectivity index (χ4v) is 3.92. The third-order valence-electron chi connectivity index (χ3n) is 3.86. The average Bonchev–Trinajstić information content (AvgIpc) is 3.03. The molecule has 4 nitrogen and oxygen atoms in total.